The van der Waals surface area contributed by atoms with E-state index in [1.807, 2.05) is 6.92 Å². The van der Waals surface area contributed by atoms with Gasteiger partial charge in [0.25, 0.3) is 0 Å². The van der Waals surface area contributed by atoms with Crippen molar-refractivity contribution in [1.29, 1.82) is 0 Å². The fourth-order valence-corrected chi connectivity index (χ4v) is 6.42. The van der Waals surface area contributed by atoms with Crippen LogP contribution in [-0.2, 0) is 21.4 Å². The van der Waals surface area contributed by atoms with Gasteiger partial charge in [-0.2, -0.15) is 4.31 Å². The molecule has 0 saturated carbocycles. The number of methoxy groups -OCH3 is 1. The lowest BCUT2D eigenvalue weighted by atomic mass is 9.87. The van der Waals surface area contributed by atoms with E-state index in [1.54, 1.807) is 19.9 Å². The molecule has 188 valence electrons. The lowest BCUT2D eigenvalue weighted by Gasteiger charge is -2.32. The fraction of sp³-hybridized carbons (Fsp3) is 0.391. The Kier molecular flexibility index (Phi) is 7.05. The summed E-state index contributed by atoms with van der Waals surface area (Å²) in [5.74, 6) is -2.22. The second-order valence-corrected chi connectivity index (χ2v) is 10.6. The number of fused-ring (bicyclic) bond motifs is 1. The molecule has 0 amide bonds. The molecule has 1 unspecified atom stereocenters. The van der Waals surface area contributed by atoms with E-state index < -0.39 is 33.6 Å². The summed E-state index contributed by atoms with van der Waals surface area (Å²) in [4.78, 5) is 11.7. The van der Waals surface area contributed by atoms with Crippen LogP contribution in [0.1, 0.15) is 47.0 Å². The second-order valence-electron chi connectivity index (χ2n) is 8.38. The summed E-state index contributed by atoms with van der Waals surface area (Å²) in [6, 6.07) is 4.67. The Balaban J connectivity index is 1.91. The van der Waals surface area contributed by atoms with Crippen molar-refractivity contribution in [2.45, 2.75) is 44.2 Å². The molecule has 1 aromatic heterocycles. The number of hydrogen-bond donors (Lipinski definition) is 1. The smallest absolute Gasteiger partial charge is 0.434 e. The summed E-state index contributed by atoms with van der Waals surface area (Å²) >= 11 is 6.29. The van der Waals surface area contributed by atoms with E-state index in [2.05, 4.69) is 10.2 Å². The van der Waals surface area contributed by atoms with E-state index in [4.69, 9.17) is 25.5 Å². The van der Waals surface area contributed by atoms with Gasteiger partial charge in [-0.1, -0.05) is 24.6 Å². The number of halogens is 2. The molecule has 0 fully saturated rings. The van der Waals surface area contributed by atoms with Gasteiger partial charge in [-0.3, -0.25) is 0 Å². The van der Waals surface area contributed by atoms with Crippen molar-refractivity contribution in [2.24, 2.45) is 0 Å². The van der Waals surface area contributed by atoms with E-state index in [0.29, 0.717) is 21.7 Å². The number of ether oxygens (including phenoxy) is 2. The molecule has 0 bridgehead atoms. The number of nitrogens with zero attached hydrogens (tertiary/aromatic N) is 2. The zero-order valence-corrected chi connectivity index (χ0v) is 21.2. The van der Waals surface area contributed by atoms with Crippen molar-refractivity contribution < 1.29 is 26.7 Å². The standard InChI is InChI=1S/C23H25ClFN3O6S/c1-12-5-6-17(25)20(13(12)2)14(3)21(22-26-27-23(29)34-22)28-7-8-33-18-10-16(24)15(11-32-4)9-19(18)35(28,30)31/h5-6,9-10,14,21H,7-8,11H2,1-4H3,(H,27,29)/t14?,21-/m0/s1. The van der Waals surface area contributed by atoms with E-state index >= 15 is 4.39 Å². The minimum atomic E-state index is -4.25. The molecule has 0 aliphatic carbocycles. The molecule has 4 rings (SSSR count). The van der Waals surface area contributed by atoms with Gasteiger partial charge in [0.15, 0.2) is 0 Å². The summed E-state index contributed by atoms with van der Waals surface area (Å²) in [5.41, 5.74) is 2.26. The van der Waals surface area contributed by atoms with Gasteiger partial charge in [-0.15, -0.1) is 5.10 Å². The Morgan fingerprint density at radius 3 is 2.71 bits per heavy atom. The Morgan fingerprint density at radius 2 is 2.06 bits per heavy atom. The maximum Gasteiger partial charge on any atom is 0.434 e. The average molecular weight is 526 g/mol. The highest BCUT2D eigenvalue weighted by Crippen LogP contribution is 2.43. The van der Waals surface area contributed by atoms with Gasteiger partial charge < -0.3 is 13.9 Å². The molecule has 12 heteroatoms. The minimum Gasteiger partial charge on any atom is -0.491 e. The van der Waals surface area contributed by atoms with Gasteiger partial charge in [0.05, 0.1) is 6.61 Å². The van der Waals surface area contributed by atoms with Crippen molar-refractivity contribution in [2.75, 3.05) is 20.3 Å². The number of hydrogen-bond acceptors (Lipinski definition) is 7. The first-order valence-corrected chi connectivity index (χ1v) is 12.6. The predicted molar refractivity (Wildman–Crippen MR) is 126 cm³/mol. The number of aryl methyl sites for hydroxylation is 1. The zero-order valence-electron chi connectivity index (χ0n) is 19.6. The molecule has 0 radical (unpaired) electrons. The number of aromatic nitrogens is 2. The Bertz CT molecular complexity index is 1420. The predicted octanol–water partition coefficient (Wildman–Crippen LogP) is 3.85. The summed E-state index contributed by atoms with van der Waals surface area (Å²) in [5, 5.41) is 6.40. The van der Waals surface area contributed by atoms with Crippen LogP contribution in [0.3, 0.4) is 0 Å². The third-order valence-electron chi connectivity index (χ3n) is 6.25. The van der Waals surface area contributed by atoms with Crippen LogP contribution in [-0.4, -0.2) is 43.2 Å². The molecule has 9 nitrogen and oxygen atoms in total. The van der Waals surface area contributed by atoms with Gasteiger partial charge in [-0.25, -0.2) is 22.7 Å². The molecule has 0 spiro atoms. The summed E-state index contributed by atoms with van der Waals surface area (Å²) in [6.45, 7) is 5.23. The van der Waals surface area contributed by atoms with Gasteiger partial charge in [0, 0.05) is 30.7 Å². The number of rotatable bonds is 6. The van der Waals surface area contributed by atoms with E-state index in [0.717, 1.165) is 9.87 Å². The fourth-order valence-electron chi connectivity index (χ4n) is 4.41. The van der Waals surface area contributed by atoms with Crippen LogP contribution in [0.4, 0.5) is 4.39 Å². The first-order valence-electron chi connectivity index (χ1n) is 10.8. The first-order chi connectivity index (χ1) is 16.6. The molecule has 0 saturated heterocycles. The summed E-state index contributed by atoms with van der Waals surface area (Å²) < 4.78 is 60.3. The molecule has 1 N–H and O–H groups in total. The van der Waals surface area contributed by atoms with Crippen LogP contribution in [0, 0.1) is 19.7 Å². The highest BCUT2D eigenvalue weighted by atomic mass is 35.5. The first kappa shape index (κ1) is 25.4. The number of aromatic amines is 1. The van der Waals surface area contributed by atoms with Crippen LogP contribution in [0.2, 0.25) is 5.02 Å². The lowest BCUT2D eigenvalue weighted by molar-refractivity contribution is 0.184. The number of nitrogens with one attached hydrogen (secondary N) is 1. The van der Waals surface area contributed by atoms with E-state index in [-0.39, 0.29) is 36.3 Å². The zero-order chi connectivity index (χ0) is 25.5. The topological polar surface area (TPSA) is 115 Å². The lowest BCUT2D eigenvalue weighted by Crippen LogP contribution is -2.39. The van der Waals surface area contributed by atoms with Crippen LogP contribution < -0.4 is 10.5 Å². The van der Waals surface area contributed by atoms with Gasteiger partial charge in [0.2, 0.25) is 15.9 Å². The number of H-pyrrole nitrogens is 1. The van der Waals surface area contributed by atoms with Crippen LogP contribution in [0.15, 0.2) is 38.4 Å². The van der Waals surface area contributed by atoms with Crippen molar-refractivity contribution in [3.63, 3.8) is 0 Å². The SMILES string of the molecule is COCc1cc2c(cc1Cl)OCCN([C@H](c1n[nH]c(=O)o1)C(C)c1c(F)ccc(C)c1C)S2(=O)=O. The Labute approximate surface area is 206 Å². The summed E-state index contributed by atoms with van der Waals surface area (Å²) in [6.07, 6.45) is 0. The average Bonchev–Trinajstić information content (AvgIpc) is 3.18. The molecule has 2 aromatic carbocycles. The van der Waals surface area contributed by atoms with Crippen molar-refractivity contribution in [3.8, 4) is 5.75 Å². The maximum atomic E-state index is 15.1. The normalized spacial score (nSPS) is 17.3. The Morgan fingerprint density at radius 1 is 1.31 bits per heavy atom. The molecular formula is C23H25ClFN3O6S. The quantitative estimate of drug-likeness (QED) is 0.520. The van der Waals surface area contributed by atoms with E-state index in [9.17, 15) is 13.2 Å². The van der Waals surface area contributed by atoms with Crippen LogP contribution in [0.25, 0.3) is 0 Å². The van der Waals surface area contributed by atoms with Crippen molar-refractivity contribution in [1.82, 2.24) is 14.5 Å². The van der Waals surface area contributed by atoms with Gasteiger partial charge >= 0.3 is 5.76 Å². The van der Waals surface area contributed by atoms with Gasteiger partial charge in [-0.05, 0) is 48.2 Å². The third kappa shape index (κ3) is 4.61. The monoisotopic (exact) mass is 525 g/mol. The molecule has 35 heavy (non-hydrogen) atoms. The Hall–Kier alpha value is -2.73. The van der Waals surface area contributed by atoms with Crippen molar-refractivity contribution in [3.05, 3.63) is 73.8 Å². The second kappa shape index (κ2) is 9.73. The maximum absolute atomic E-state index is 15.1. The molecule has 1 aliphatic heterocycles. The van der Waals surface area contributed by atoms with Crippen LogP contribution in [0.5, 0.6) is 5.75 Å². The molecule has 1 aliphatic rings. The van der Waals surface area contributed by atoms with Crippen LogP contribution >= 0.6 is 11.6 Å². The number of benzene rings is 2. The third-order valence-corrected chi connectivity index (χ3v) is 8.50. The molecule has 3 aromatic rings. The largest absolute Gasteiger partial charge is 0.491 e. The highest BCUT2D eigenvalue weighted by molar-refractivity contribution is 7.89. The minimum absolute atomic E-state index is 0.0145. The summed E-state index contributed by atoms with van der Waals surface area (Å²) in [7, 11) is -2.78. The van der Waals surface area contributed by atoms with Crippen molar-refractivity contribution >= 4 is 21.6 Å². The molecule has 2 atom stereocenters. The molecular weight excluding hydrogens is 501 g/mol. The highest BCUT2D eigenvalue weighted by Gasteiger charge is 2.43. The molecule has 2 heterocycles. The van der Waals surface area contributed by atoms with Gasteiger partial charge in [0.1, 0.15) is 29.1 Å². The van der Waals surface area contributed by atoms with E-state index in [1.165, 1.54) is 25.3 Å². The number of sulfonamides is 1.